The molecule has 1 N–H and O–H groups in total. The third kappa shape index (κ3) is 2.12. The summed E-state index contributed by atoms with van der Waals surface area (Å²) in [6, 6.07) is 5.32. The number of thioether (sulfide) groups is 1. The lowest BCUT2D eigenvalue weighted by atomic mass is 10.2. The molecule has 2 atom stereocenters. The van der Waals surface area contributed by atoms with Crippen LogP contribution in [-0.4, -0.2) is 11.8 Å². The van der Waals surface area contributed by atoms with Crippen LogP contribution in [0.2, 0.25) is 0 Å². The highest BCUT2D eigenvalue weighted by molar-refractivity contribution is 9.10. The van der Waals surface area contributed by atoms with Crippen molar-refractivity contribution in [3.05, 3.63) is 34.1 Å². The van der Waals surface area contributed by atoms with Gasteiger partial charge in [-0.2, -0.15) is 0 Å². The maximum absolute atomic E-state index is 13.0. The molecule has 1 heterocycles. The summed E-state index contributed by atoms with van der Waals surface area (Å²) in [5.74, 6) is 0.901. The lowest BCUT2D eigenvalue weighted by Gasteiger charge is -2.13. The third-order valence-electron chi connectivity index (χ3n) is 2.19. The number of hydrogen-bond donors (Lipinski definition) is 1. The fraction of sp³-hybridized carbons (Fsp3) is 0.400. The summed E-state index contributed by atoms with van der Waals surface area (Å²) in [5, 5.41) is 3.62. The SMILES string of the molecule is CC1CSC(c2cc(F)ccc2Br)N1. The first-order valence-corrected chi connectivity index (χ1v) is 6.33. The van der Waals surface area contributed by atoms with Crippen LogP contribution in [0.15, 0.2) is 22.7 Å². The Morgan fingerprint density at radius 2 is 2.36 bits per heavy atom. The van der Waals surface area contributed by atoms with Gasteiger partial charge in [0.25, 0.3) is 0 Å². The van der Waals surface area contributed by atoms with Crippen LogP contribution in [0.1, 0.15) is 17.9 Å². The quantitative estimate of drug-likeness (QED) is 0.844. The van der Waals surface area contributed by atoms with E-state index in [1.165, 1.54) is 6.07 Å². The Morgan fingerprint density at radius 1 is 1.57 bits per heavy atom. The molecule has 1 aliphatic heterocycles. The normalized spacial score (nSPS) is 26.8. The van der Waals surface area contributed by atoms with Crippen LogP contribution >= 0.6 is 27.7 Å². The van der Waals surface area contributed by atoms with Gasteiger partial charge in [-0.1, -0.05) is 15.9 Å². The van der Waals surface area contributed by atoms with Gasteiger partial charge in [0.2, 0.25) is 0 Å². The molecule has 1 aliphatic rings. The van der Waals surface area contributed by atoms with E-state index in [-0.39, 0.29) is 11.2 Å². The van der Waals surface area contributed by atoms with Gasteiger partial charge in [0.05, 0.1) is 5.37 Å². The highest BCUT2D eigenvalue weighted by atomic mass is 79.9. The van der Waals surface area contributed by atoms with Crippen molar-refractivity contribution in [3.8, 4) is 0 Å². The van der Waals surface area contributed by atoms with Gasteiger partial charge in [-0.3, -0.25) is 5.32 Å². The summed E-state index contributed by atoms with van der Waals surface area (Å²) in [4.78, 5) is 0. The zero-order valence-corrected chi connectivity index (χ0v) is 10.2. The van der Waals surface area contributed by atoms with Gasteiger partial charge in [0, 0.05) is 16.3 Å². The molecule has 0 bridgehead atoms. The molecule has 0 saturated carbocycles. The largest absolute Gasteiger partial charge is 0.298 e. The van der Waals surface area contributed by atoms with Crippen molar-refractivity contribution in [1.29, 1.82) is 0 Å². The van der Waals surface area contributed by atoms with E-state index in [0.717, 1.165) is 15.8 Å². The molecule has 0 spiro atoms. The monoisotopic (exact) mass is 275 g/mol. The first-order valence-electron chi connectivity index (χ1n) is 4.49. The van der Waals surface area contributed by atoms with Gasteiger partial charge in [-0.05, 0) is 30.7 Å². The maximum atomic E-state index is 13.0. The second-order valence-corrected chi connectivity index (χ2v) is 5.44. The zero-order chi connectivity index (χ0) is 10.1. The molecule has 1 saturated heterocycles. The minimum atomic E-state index is -0.176. The Morgan fingerprint density at radius 3 is 3.00 bits per heavy atom. The maximum Gasteiger partial charge on any atom is 0.123 e. The first kappa shape index (κ1) is 10.5. The number of rotatable bonds is 1. The second kappa shape index (κ2) is 4.21. The van der Waals surface area contributed by atoms with E-state index in [0.29, 0.717) is 6.04 Å². The van der Waals surface area contributed by atoms with Crippen LogP contribution in [0.25, 0.3) is 0 Å². The summed E-state index contributed by atoms with van der Waals surface area (Å²) in [7, 11) is 0. The molecule has 1 aromatic rings. The zero-order valence-electron chi connectivity index (χ0n) is 7.76. The van der Waals surface area contributed by atoms with Gasteiger partial charge in [0.1, 0.15) is 5.82 Å². The van der Waals surface area contributed by atoms with E-state index in [1.807, 2.05) is 11.8 Å². The number of hydrogen-bond acceptors (Lipinski definition) is 2. The van der Waals surface area contributed by atoms with Crippen molar-refractivity contribution in [3.63, 3.8) is 0 Å². The average molecular weight is 276 g/mol. The van der Waals surface area contributed by atoms with Gasteiger partial charge >= 0.3 is 0 Å². The summed E-state index contributed by atoms with van der Waals surface area (Å²) in [5.41, 5.74) is 0.999. The fourth-order valence-corrected chi connectivity index (χ4v) is 3.40. The predicted molar refractivity (Wildman–Crippen MR) is 61.9 cm³/mol. The standard InChI is InChI=1S/C10H11BrFNS/c1-6-5-14-10(13-6)8-4-7(12)2-3-9(8)11/h2-4,6,10,13H,5H2,1H3. The molecule has 0 aliphatic carbocycles. The summed E-state index contributed by atoms with van der Waals surface area (Å²) < 4.78 is 14.0. The molecule has 1 aromatic carbocycles. The van der Waals surface area contributed by atoms with Crippen LogP contribution in [0.4, 0.5) is 4.39 Å². The van der Waals surface area contributed by atoms with Crippen molar-refractivity contribution in [2.24, 2.45) is 0 Å². The van der Waals surface area contributed by atoms with E-state index in [2.05, 4.69) is 28.2 Å². The molecule has 14 heavy (non-hydrogen) atoms. The number of nitrogens with one attached hydrogen (secondary N) is 1. The van der Waals surface area contributed by atoms with Gasteiger partial charge < -0.3 is 0 Å². The van der Waals surface area contributed by atoms with Crippen molar-refractivity contribution in [2.45, 2.75) is 18.3 Å². The van der Waals surface area contributed by atoms with E-state index >= 15 is 0 Å². The summed E-state index contributed by atoms with van der Waals surface area (Å²) >= 11 is 5.26. The Balaban J connectivity index is 2.27. The molecular formula is C10H11BrFNS. The minimum absolute atomic E-state index is 0.176. The van der Waals surface area contributed by atoms with Gasteiger partial charge in [-0.15, -0.1) is 11.8 Å². The Labute approximate surface area is 95.6 Å². The number of halogens is 2. The molecule has 0 amide bonds. The molecule has 1 nitrogen and oxygen atoms in total. The molecule has 4 heteroatoms. The fourth-order valence-electron chi connectivity index (χ4n) is 1.49. The minimum Gasteiger partial charge on any atom is -0.298 e. The van der Waals surface area contributed by atoms with Crippen LogP contribution < -0.4 is 5.32 Å². The van der Waals surface area contributed by atoms with Crippen molar-refractivity contribution in [2.75, 3.05) is 5.75 Å². The van der Waals surface area contributed by atoms with Crippen molar-refractivity contribution >= 4 is 27.7 Å². The highest BCUT2D eigenvalue weighted by Crippen LogP contribution is 2.36. The van der Waals surface area contributed by atoms with Crippen molar-refractivity contribution in [1.82, 2.24) is 5.32 Å². The predicted octanol–water partition coefficient (Wildman–Crippen LogP) is 3.31. The molecule has 2 unspecified atom stereocenters. The molecule has 0 radical (unpaired) electrons. The Kier molecular flexibility index (Phi) is 3.14. The van der Waals surface area contributed by atoms with E-state index in [9.17, 15) is 4.39 Å². The highest BCUT2D eigenvalue weighted by Gasteiger charge is 2.24. The Hall–Kier alpha value is -0.0600. The molecular weight excluding hydrogens is 265 g/mol. The first-order chi connectivity index (χ1) is 6.66. The Bertz CT molecular complexity index is 345. The molecule has 2 rings (SSSR count). The van der Waals surface area contributed by atoms with E-state index in [4.69, 9.17) is 0 Å². The lowest BCUT2D eigenvalue weighted by Crippen LogP contribution is -2.22. The summed E-state index contributed by atoms with van der Waals surface area (Å²) in [6.45, 7) is 2.14. The van der Waals surface area contributed by atoms with Crippen LogP contribution in [-0.2, 0) is 0 Å². The van der Waals surface area contributed by atoms with E-state index in [1.54, 1.807) is 12.1 Å². The van der Waals surface area contributed by atoms with Gasteiger partial charge in [0.15, 0.2) is 0 Å². The number of benzene rings is 1. The smallest absolute Gasteiger partial charge is 0.123 e. The van der Waals surface area contributed by atoms with E-state index < -0.39 is 0 Å². The topological polar surface area (TPSA) is 12.0 Å². The molecule has 76 valence electrons. The van der Waals surface area contributed by atoms with Crippen molar-refractivity contribution < 1.29 is 4.39 Å². The lowest BCUT2D eigenvalue weighted by molar-refractivity contribution is 0.601. The van der Waals surface area contributed by atoms with Crippen LogP contribution in [0.5, 0.6) is 0 Å². The second-order valence-electron chi connectivity index (χ2n) is 3.45. The third-order valence-corrected chi connectivity index (χ3v) is 4.33. The molecule has 1 fully saturated rings. The van der Waals surface area contributed by atoms with Crippen LogP contribution in [0.3, 0.4) is 0 Å². The van der Waals surface area contributed by atoms with Crippen LogP contribution in [0, 0.1) is 5.82 Å². The average Bonchev–Trinajstić information content (AvgIpc) is 2.56. The van der Waals surface area contributed by atoms with Gasteiger partial charge in [-0.25, -0.2) is 4.39 Å². The molecule has 0 aromatic heterocycles. The summed E-state index contributed by atoms with van der Waals surface area (Å²) in [6.07, 6.45) is 0.